The van der Waals surface area contributed by atoms with Gasteiger partial charge in [0.25, 0.3) is 0 Å². The molecule has 0 saturated carbocycles. The third-order valence-corrected chi connectivity index (χ3v) is 7.27. The molecule has 1 aliphatic rings. The maximum Gasteiger partial charge on any atom is 0.414 e. The number of carboxylic acids is 2. The third-order valence-electron chi connectivity index (χ3n) is 7.27. The highest BCUT2D eigenvalue weighted by atomic mass is 16.4. The van der Waals surface area contributed by atoms with Crippen LogP contribution in [0, 0.1) is 5.92 Å². The molecule has 0 fully saturated rings. The first-order chi connectivity index (χ1) is 20.3. The maximum atomic E-state index is 13.5. The number of aryl methyl sites for hydroxylation is 1. The lowest BCUT2D eigenvalue weighted by atomic mass is 9.91. The number of fused-ring (bicyclic) bond motifs is 1. The summed E-state index contributed by atoms with van der Waals surface area (Å²) in [5.74, 6) is -3.02. The second-order valence-corrected chi connectivity index (χ2v) is 10.6. The van der Waals surface area contributed by atoms with Crippen LogP contribution in [0.3, 0.4) is 0 Å². The van der Waals surface area contributed by atoms with Gasteiger partial charge < -0.3 is 20.0 Å². The molecular formula is C35H36N2O5. The van der Waals surface area contributed by atoms with Gasteiger partial charge in [-0.1, -0.05) is 103 Å². The molecule has 0 spiro atoms. The summed E-state index contributed by atoms with van der Waals surface area (Å²) in [6, 6.07) is 38.0. The zero-order valence-corrected chi connectivity index (χ0v) is 23.7. The van der Waals surface area contributed by atoms with Crippen LogP contribution in [0.2, 0.25) is 0 Å². The van der Waals surface area contributed by atoms with Crippen molar-refractivity contribution < 1.29 is 24.6 Å². The topological polar surface area (TPSA) is 98.2 Å². The molecular weight excluding hydrogens is 528 g/mol. The van der Waals surface area contributed by atoms with Gasteiger partial charge in [0.05, 0.1) is 0 Å². The number of carbonyl (C=O) groups excluding carboxylic acids is 1. The van der Waals surface area contributed by atoms with E-state index in [9.17, 15) is 4.79 Å². The molecule has 1 heterocycles. The highest BCUT2D eigenvalue weighted by molar-refractivity contribution is 6.27. The number of nitrogens with zero attached hydrogens (tertiary/aromatic N) is 2. The van der Waals surface area contributed by atoms with Gasteiger partial charge in [-0.2, -0.15) is 0 Å². The van der Waals surface area contributed by atoms with Gasteiger partial charge in [0.1, 0.15) is 0 Å². The number of rotatable bonds is 8. The number of carbonyl (C=O) groups is 3. The fraction of sp³-hybridized carbons (Fsp3) is 0.229. The van der Waals surface area contributed by atoms with Crippen molar-refractivity contribution in [2.75, 3.05) is 25.0 Å². The Labute approximate surface area is 246 Å². The van der Waals surface area contributed by atoms with E-state index in [0.29, 0.717) is 12.3 Å². The fourth-order valence-corrected chi connectivity index (χ4v) is 5.32. The van der Waals surface area contributed by atoms with Crippen LogP contribution in [0.4, 0.5) is 5.69 Å². The summed E-state index contributed by atoms with van der Waals surface area (Å²) in [6.45, 7) is 2.67. The SMILES string of the molecule is CN(Cc1ccccc1)CC1Cc2ccccc2N(C(=O)CCc2ccc(-c3ccccc3)cc2)C1.O=C(O)C(=O)O. The Morgan fingerprint density at radius 3 is 1.95 bits per heavy atom. The summed E-state index contributed by atoms with van der Waals surface area (Å²) in [7, 11) is 2.18. The number of benzene rings is 4. The van der Waals surface area contributed by atoms with Gasteiger partial charge in [-0.05, 0) is 59.7 Å². The number of anilines is 1. The number of carboxylic acid groups (broad SMARTS) is 2. The number of hydrogen-bond acceptors (Lipinski definition) is 4. The van der Waals surface area contributed by atoms with Crippen molar-refractivity contribution in [1.29, 1.82) is 0 Å². The Hall–Kier alpha value is -4.75. The first-order valence-electron chi connectivity index (χ1n) is 14.0. The molecule has 1 amide bonds. The van der Waals surface area contributed by atoms with E-state index in [-0.39, 0.29) is 5.91 Å². The average molecular weight is 565 g/mol. The fourth-order valence-electron chi connectivity index (χ4n) is 5.32. The summed E-state index contributed by atoms with van der Waals surface area (Å²) < 4.78 is 0. The normalized spacial score (nSPS) is 14.0. The number of para-hydroxylation sites is 1. The molecule has 4 aromatic carbocycles. The minimum atomic E-state index is -1.82. The van der Waals surface area contributed by atoms with Crippen molar-refractivity contribution in [3.63, 3.8) is 0 Å². The second kappa shape index (κ2) is 14.8. The van der Waals surface area contributed by atoms with E-state index in [1.807, 2.05) is 17.0 Å². The van der Waals surface area contributed by atoms with Crippen LogP contribution in [0.1, 0.15) is 23.1 Å². The Morgan fingerprint density at radius 2 is 1.31 bits per heavy atom. The van der Waals surface area contributed by atoms with E-state index >= 15 is 0 Å². The van der Waals surface area contributed by atoms with Crippen LogP contribution in [0.5, 0.6) is 0 Å². The second-order valence-electron chi connectivity index (χ2n) is 10.6. The molecule has 7 nitrogen and oxygen atoms in total. The smallest absolute Gasteiger partial charge is 0.414 e. The van der Waals surface area contributed by atoms with E-state index in [4.69, 9.17) is 19.8 Å². The molecule has 0 radical (unpaired) electrons. The van der Waals surface area contributed by atoms with Gasteiger partial charge in [-0.15, -0.1) is 0 Å². The molecule has 0 bridgehead atoms. The lowest BCUT2D eigenvalue weighted by Gasteiger charge is -2.36. The Kier molecular flexibility index (Phi) is 10.6. The van der Waals surface area contributed by atoms with E-state index in [1.54, 1.807) is 0 Å². The van der Waals surface area contributed by atoms with E-state index in [2.05, 4.69) is 109 Å². The van der Waals surface area contributed by atoms with E-state index in [0.717, 1.165) is 38.2 Å². The van der Waals surface area contributed by atoms with E-state index < -0.39 is 11.9 Å². The summed E-state index contributed by atoms with van der Waals surface area (Å²) in [5.41, 5.74) is 7.31. The first kappa shape index (κ1) is 30.2. The van der Waals surface area contributed by atoms with Gasteiger partial charge in [0, 0.05) is 31.7 Å². The standard InChI is InChI=1S/C33H34N2O.C2H2O4/c1-34(23-27-10-4-2-5-11-27)24-28-22-31-14-8-9-15-32(31)35(25-28)33(36)21-18-26-16-19-30(20-17-26)29-12-6-3-7-13-29;3-1(4)2(5)6/h2-17,19-20,28H,18,21-25H2,1H3;(H,3,4)(H,5,6). The van der Waals surface area contributed by atoms with Crippen LogP contribution in [0.15, 0.2) is 109 Å². The van der Waals surface area contributed by atoms with Crippen LogP contribution < -0.4 is 4.90 Å². The van der Waals surface area contributed by atoms with Gasteiger partial charge in [0.15, 0.2) is 0 Å². The molecule has 1 unspecified atom stereocenters. The minimum Gasteiger partial charge on any atom is -0.473 e. The van der Waals surface area contributed by atoms with Gasteiger partial charge in [-0.25, -0.2) is 9.59 Å². The zero-order chi connectivity index (χ0) is 29.9. The molecule has 0 aliphatic carbocycles. The molecule has 5 rings (SSSR count). The molecule has 4 aromatic rings. The number of amides is 1. The lowest BCUT2D eigenvalue weighted by Crippen LogP contribution is -2.43. The predicted molar refractivity (Wildman–Crippen MR) is 164 cm³/mol. The first-order valence-corrected chi connectivity index (χ1v) is 14.0. The monoisotopic (exact) mass is 564 g/mol. The molecule has 2 N–H and O–H groups in total. The average Bonchev–Trinajstić information content (AvgIpc) is 3.01. The van der Waals surface area contributed by atoms with Crippen molar-refractivity contribution in [1.82, 2.24) is 4.90 Å². The third kappa shape index (κ3) is 8.62. The van der Waals surface area contributed by atoms with Gasteiger partial charge in [-0.3, -0.25) is 4.79 Å². The lowest BCUT2D eigenvalue weighted by molar-refractivity contribution is -0.159. The Morgan fingerprint density at radius 1 is 0.738 bits per heavy atom. The Bertz CT molecular complexity index is 1460. The summed E-state index contributed by atoms with van der Waals surface area (Å²) in [5, 5.41) is 14.8. The van der Waals surface area contributed by atoms with Crippen LogP contribution in [-0.4, -0.2) is 53.1 Å². The number of aliphatic carboxylic acids is 2. The quantitative estimate of drug-likeness (QED) is 0.263. The predicted octanol–water partition coefficient (Wildman–Crippen LogP) is 5.78. The molecule has 1 aliphatic heterocycles. The van der Waals surface area contributed by atoms with Crippen molar-refractivity contribution in [2.45, 2.75) is 25.8 Å². The van der Waals surface area contributed by atoms with Crippen molar-refractivity contribution >= 4 is 23.5 Å². The van der Waals surface area contributed by atoms with Crippen molar-refractivity contribution in [3.05, 3.63) is 126 Å². The van der Waals surface area contributed by atoms with Crippen LogP contribution >= 0.6 is 0 Å². The molecule has 7 heteroatoms. The molecule has 1 atom stereocenters. The molecule has 216 valence electrons. The molecule has 42 heavy (non-hydrogen) atoms. The summed E-state index contributed by atoms with van der Waals surface area (Å²) >= 11 is 0. The highest BCUT2D eigenvalue weighted by Crippen LogP contribution is 2.31. The highest BCUT2D eigenvalue weighted by Gasteiger charge is 2.28. The summed E-state index contributed by atoms with van der Waals surface area (Å²) in [4.78, 5) is 36.1. The van der Waals surface area contributed by atoms with Crippen LogP contribution in [-0.2, 0) is 33.8 Å². The largest absolute Gasteiger partial charge is 0.473 e. The number of hydrogen-bond donors (Lipinski definition) is 2. The zero-order valence-electron chi connectivity index (χ0n) is 23.7. The van der Waals surface area contributed by atoms with E-state index in [1.165, 1.54) is 27.8 Å². The Balaban J connectivity index is 0.000000612. The van der Waals surface area contributed by atoms with Crippen LogP contribution in [0.25, 0.3) is 11.1 Å². The van der Waals surface area contributed by atoms with Gasteiger partial charge >= 0.3 is 11.9 Å². The van der Waals surface area contributed by atoms with Gasteiger partial charge in [0.2, 0.25) is 5.91 Å². The maximum absolute atomic E-state index is 13.5. The van der Waals surface area contributed by atoms with Crippen molar-refractivity contribution in [2.24, 2.45) is 5.92 Å². The summed E-state index contributed by atoms with van der Waals surface area (Å²) in [6.07, 6.45) is 2.29. The molecule has 0 saturated heterocycles. The minimum absolute atomic E-state index is 0.213. The van der Waals surface area contributed by atoms with Crippen molar-refractivity contribution in [3.8, 4) is 11.1 Å². The molecule has 0 aromatic heterocycles.